The van der Waals surface area contributed by atoms with Crippen LogP contribution in [0.4, 0.5) is 5.69 Å². The molecule has 0 radical (unpaired) electrons. The molecule has 0 amide bonds. The summed E-state index contributed by atoms with van der Waals surface area (Å²) in [6.45, 7) is 0. The number of aromatic nitrogens is 2. The van der Waals surface area contributed by atoms with E-state index in [2.05, 4.69) is 10.3 Å². The average Bonchev–Trinajstić information content (AvgIpc) is 2.69. The second kappa shape index (κ2) is 4.51. The zero-order chi connectivity index (χ0) is 11.5. The van der Waals surface area contributed by atoms with Crippen LogP contribution < -0.4 is 11.1 Å². The summed E-state index contributed by atoms with van der Waals surface area (Å²) in [4.78, 5) is 3.98. The molecule has 0 spiro atoms. The quantitative estimate of drug-likeness (QED) is 0.805. The number of imidazole rings is 1. The number of rotatable bonds is 2. The van der Waals surface area contributed by atoms with Crippen LogP contribution in [0, 0.1) is 0 Å². The Morgan fingerprint density at radius 1 is 1.50 bits per heavy atom. The van der Waals surface area contributed by atoms with Crippen molar-refractivity contribution < 1.29 is 0 Å². The van der Waals surface area contributed by atoms with E-state index in [1.807, 2.05) is 16.8 Å². The molecule has 0 aliphatic heterocycles. The van der Waals surface area contributed by atoms with Gasteiger partial charge >= 0.3 is 0 Å². The first-order chi connectivity index (χ1) is 7.66. The third-order valence-corrected chi connectivity index (χ3v) is 2.34. The molecule has 1 aromatic heterocycles. The van der Waals surface area contributed by atoms with Crippen LogP contribution in [0.25, 0.3) is 5.69 Å². The van der Waals surface area contributed by atoms with Crippen molar-refractivity contribution in [2.45, 2.75) is 0 Å². The minimum atomic E-state index is 0.198. The predicted molar refractivity (Wildman–Crippen MR) is 69.0 cm³/mol. The minimum Gasteiger partial charge on any atom is -0.376 e. The highest BCUT2D eigenvalue weighted by atomic mass is 35.5. The maximum Gasteiger partial charge on any atom is 0.168 e. The first-order valence-electron chi connectivity index (χ1n) is 4.51. The van der Waals surface area contributed by atoms with Crippen molar-refractivity contribution in [2.24, 2.45) is 5.73 Å². The van der Waals surface area contributed by atoms with E-state index in [4.69, 9.17) is 29.6 Å². The highest BCUT2D eigenvalue weighted by molar-refractivity contribution is 7.80. The van der Waals surface area contributed by atoms with Gasteiger partial charge in [-0.05, 0) is 30.4 Å². The van der Waals surface area contributed by atoms with Crippen molar-refractivity contribution in [1.29, 1.82) is 0 Å². The van der Waals surface area contributed by atoms with E-state index < -0.39 is 0 Å². The van der Waals surface area contributed by atoms with E-state index in [9.17, 15) is 0 Å². The Hall–Kier alpha value is -1.59. The number of anilines is 1. The van der Waals surface area contributed by atoms with Crippen LogP contribution in [0.3, 0.4) is 0 Å². The number of thiocarbonyl (C=S) groups is 1. The van der Waals surface area contributed by atoms with Gasteiger partial charge in [0.1, 0.15) is 0 Å². The second-order valence-corrected chi connectivity index (χ2v) is 4.00. The lowest BCUT2D eigenvalue weighted by molar-refractivity contribution is 1.06. The fourth-order valence-corrected chi connectivity index (χ4v) is 1.65. The monoisotopic (exact) mass is 252 g/mol. The number of nitrogens with two attached hydrogens (primary N) is 1. The Labute approximate surface area is 103 Å². The van der Waals surface area contributed by atoms with Crippen molar-refractivity contribution in [1.82, 2.24) is 9.55 Å². The Balaban J connectivity index is 2.48. The molecule has 2 rings (SSSR count). The summed E-state index contributed by atoms with van der Waals surface area (Å²) in [5, 5.41) is 3.69. The SMILES string of the molecule is NC(=S)Nc1cc(Cl)ccc1-n1ccnc1. The summed E-state index contributed by atoms with van der Waals surface area (Å²) < 4.78 is 1.84. The molecule has 1 aromatic carbocycles. The Morgan fingerprint density at radius 3 is 2.94 bits per heavy atom. The molecule has 1 heterocycles. The van der Waals surface area contributed by atoms with Crippen LogP contribution in [-0.2, 0) is 0 Å². The summed E-state index contributed by atoms with van der Waals surface area (Å²) >= 11 is 10.7. The third kappa shape index (κ3) is 2.32. The normalized spacial score (nSPS) is 10.1. The molecule has 3 N–H and O–H groups in total. The lowest BCUT2D eigenvalue weighted by Crippen LogP contribution is -2.20. The predicted octanol–water partition coefficient (Wildman–Crippen LogP) is 2.18. The summed E-state index contributed by atoms with van der Waals surface area (Å²) in [5.74, 6) is 0. The second-order valence-electron chi connectivity index (χ2n) is 3.12. The number of nitrogens with one attached hydrogen (secondary N) is 1. The molecule has 2 aromatic rings. The molecular weight excluding hydrogens is 244 g/mol. The van der Waals surface area contributed by atoms with Gasteiger partial charge in [-0.1, -0.05) is 11.6 Å². The largest absolute Gasteiger partial charge is 0.376 e. The van der Waals surface area contributed by atoms with Gasteiger partial charge in [-0.25, -0.2) is 4.98 Å². The van der Waals surface area contributed by atoms with Gasteiger partial charge in [-0.15, -0.1) is 0 Å². The van der Waals surface area contributed by atoms with Gasteiger partial charge in [-0.3, -0.25) is 0 Å². The smallest absolute Gasteiger partial charge is 0.168 e. The Kier molecular flexibility index (Phi) is 3.07. The summed E-state index contributed by atoms with van der Waals surface area (Å²) in [6.07, 6.45) is 5.21. The van der Waals surface area contributed by atoms with E-state index in [0.29, 0.717) is 5.02 Å². The highest BCUT2D eigenvalue weighted by Gasteiger charge is 2.05. The van der Waals surface area contributed by atoms with Crippen molar-refractivity contribution in [3.05, 3.63) is 41.9 Å². The Bertz CT molecular complexity index is 510. The number of nitrogens with zero attached hydrogens (tertiary/aromatic N) is 2. The van der Waals surface area contributed by atoms with E-state index in [1.165, 1.54) is 0 Å². The van der Waals surface area contributed by atoms with Gasteiger partial charge in [0.05, 0.1) is 17.7 Å². The van der Waals surface area contributed by atoms with Crippen molar-refractivity contribution in [3.63, 3.8) is 0 Å². The minimum absolute atomic E-state index is 0.198. The highest BCUT2D eigenvalue weighted by Crippen LogP contribution is 2.24. The lowest BCUT2D eigenvalue weighted by Gasteiger charge is -2.11. The molecule has 0 saturated heterocycles. The van der Waals surface area contributed by atoms with Gasteiger partial charge < -0.3 is 15.6 Å². The first-order valence-corrected chi connectivity index (χ1v) is 5.30. The fourth-order valence-electron chi connectivity index (χ4n) is 1.37. The van der Waals surface area contributed by atoms with Crippen LogP contribution in [0.2, 0.25) is 5.02 Å². The molecule has 4 nitrogen and oxygen atoms in total. The van der Waals surface area contributed by atoms with Gasteiger partial charge in [0, 0.05) is 17.4 Å². The van der Waals surface area contributed by atoms with E-state index in [0.717, 1.165) is 11.4 Å². The lowest BCUT2D eigenvalue weighted by atomic mass is 10.2. The van der Waals surface area contributed by atoms with E-state index in [1.54, 1.807) is 24.7 Å². The van der Waals surface area contributed by atoms with E-state index in [-0.39, 0.29) is 5.11 Å². The average molecular weight is 253 g/mol. The van der Waals surface area contributed by atoms with Crippen LogP contribution in [-0.4, -0.2) is 14.7 Å². The molecule has 0 aliphatic carbocycles. The fraction of sp³-hybridized carbons (Fsp3) is 0. The maximum absolute atomic E-state index is 5.91. The third-order valence-electron chi connectivity index (χ3n) is 2.00. The van der Waals surface area contributed by atoms with Gasteiger partial charge in [0.2, 0.25) is 0 Å². The molecular formula is C10H9ClN4S. The molecule has 6 heteroatoms. The van der Waals surface area contributed by atoms with Crippen molar-refractivity contribution in [3.8, 4) is 5.69 Å². The number of halogens is 1. The van der Waals surface area contributed by atoms with Crippen molar-refractivity contribution in [2.75, 3.05) is 5.32 Å². The molecule has 0 bridgehead atoms. The zero-order valence-electron chi connectivity index (χ0n) is 8.22. The van der Waals surface area contributed by atoms with Crippen LogP contribution >= 0.6 is 23.8 Å². The zero-order valence-corrected chi connectivity index (χ0v) is 9.79. The number of benzene rings is 1. The molecule has 0 atom stereocenters. The molecule has 0 aliphatic rings. The van der Waals surface area contributed by atoms with Gasteiger partial charge in [0.15, 0.2) is 5.11 Å². The van der Waals surface area contributed by atoms with Gasteiger partial charge in [-0.2, -0.15) is 0 Å². The maximum atomic E-state index is 5.91. The molecule has 0 saturated carbocycles. The van der Waals surface area contributed by atoms with Crippen LogP contribution in [0.5, 0.6) is 0 Å². The standard InChI is InChI=1S/C10H9ClN4S/c11-7-1-2-9(15-4-3-13-6-15)8(5-7)14-10(12)16/h1-6H,(H3,12,14,16). The number of hydrogen-bond donors (Lipinski definition) is 2. The first kappa shape index (κ1) is 10.9. The molecule has 0 unspecified atom stereocenters. The topological polar surface area (TPSA) is 55.9 Å². The molecule has 0 fully saturated rings. The number of hydrogen-bond acceptors (Lipinski definition) is 2. The van der Waals surface area contributed by atoms with Crippen molar-refractivity contribution >= 4 is 34.6 Å². The summed E-state index contributed by atoms with van der Waals surface area (Å²) in [5.41, 5.74) is 7.08. The van der Waals surface area contributed by atoms with E-state index >= 15 is 0 Å². The van der Waals surface area contributed by atoms with Gasteiger partial charge in [0.25, 0.3) is 0 Å². The Morgan fingerprint density at radius 2 is 2.31 bits per heavy atom. The summed E-state index contributed by atoms with van der Waals surface area (Å²) in [7, 11) is 0. The van der Waals surface area contributed by atoms with Crippen LogP contribution in [0.15, 0.2) is 36.9 Å². The van der Waals surface area contributed by atoms with Crippen LogP contribution in [0.1, 0.15) is 0 Å². The molecule has 82 valence electrons. The summed E-state index contributed by atoms with van der Waals surface area (Å²) in [6, 6.07) is 5.42. The molecule has 16 heavy (non-hydrogen) atoms.